The Balaban J connectivity index is 2.03. The fourth-order valence-corrected chi connectivity index (χ4v) is 2.65. The normalized spacial score (nSPS) is 18.1. The van der Waals surface area contributed by atoms with Crippen LogP contribution in [-0.2, 0) is 0 Å². The third-order valence-corrected chi connectivity index (χ3v) is 3.97. The second-order valence-corrected chi connectivity index (χ2v) is 5.05. The predicted molar refractivity (Wildman–Crippen MR) is 72.8 cm³/mol. The van der Waals surface area contributed by atoms with Gasteiger partial charge in [-0.05, 0) is 30.9 Å². The maximum absolute atomic E-state index is 5.97. The SMILES string of the molecule is CCN(CC1CCC1)C(CN)c1ccccc1. The average molecular weight is 232 g/mol. The Bertz CT molecular complexity index is 319. The fraction of sp³-hybridized carbons (Fsp3) is 0.600. The van der Waals surface area contributed by atoms with Gasteiger partial charge in [-0.1, -0.05) is 43.7 Å². The molecule has 2 rings (SSSR count). The number of nitrogens with zero attached hydrogens (tertiary/aromatic N) is 1. The summed E-state index contributed by atoms with van der Waals surface area (Å²) in [5.74, 6) is 0.910. The van der Waals surface area contributed by atoms with E-state index in [2.05, 4.69) is 42.2 Å². The molecule has 2 N–H and O–H groups in total. The van der Waals surface area contributed by atoms with Gasteiger partial charge in [0, 0.05) is 19.1 Å². The van der Waals surface area contributed by atoms with Crippen molar-refractivity contribution in [2.75, 3.05) is 19.6 Å². The molecule has 94 valence electrons. The van der Waals surface area contributed by atoms with E-state index in [9.17, 15) is 0 Å². The molecule has 1 fully saturated rings. The molecule has 1 aromatic carbocycles. The Hall–Kier alpha value is -0.860. The lowest BCUT2D eigenvalue weighted by Crippen LogP contribution is -2.38. The average Bonchev–Trinajstić information content (AvgIpc) is 2.33. The Morgan fingerprint density at radius 3 is 2.47 bits per heavy atom. The van der Waals surface area contributed by atoms with Crippen molar-refractivity contribution in [2.24, 2.45) is 11.7 Å². The first-order chi connectivity index (χ1) is 8.35. The number of benzene rings is 1. The van der Waals surface area contributed by atoms with E-state index in [0.717, 1.165) is 12.5 Å². The van der Waals surface area contributed by atoms with Crippen molar-refractivity contribution in [3.8, 4) is 0 Å². The summed E-state index contributed by atoms with van der Waals surface area (Å²) < 4.78 is 0. The lowest BCUT2D eigenvalue weighted by Gasteiger charge is -2.36. The Morgan fingerprint density at radius 1 is 1.29 bits per heavy atom. The molecule has 1 aliphatic carbocycles. The van der Waals surface area contributed by atoms with Crippen molar-refractivity contribution in [1.82, 2.24) is 4.90 Å². The van der Waals surface area contributed by atoms with Crippen LogP contribution in [0.3, 0.4) is 0 Å². The van der Waals surface area contributed by atoms with Crippen LogP contribution in [0.25, 0.3) is 0 Å². The second kappa shape index (κ2) is 6.18. The molecular weight excluding hydrogens is 208 g/mol. The Kier molecular flexibility index (Phi) is 4.57. The van der Waals surface area contributed by atoms with Gasteiger partial charge >= 0.3 is 0 Å². The molecule has 0 spiro atoms. The van der Waals surface area contributed by atoms with Crippen LogP contribution < -0.4 is 5.73 Å². The van der Waals surface area contributed by atoms with Crippen LogP contribution in [0.4, 0.5) is 0 Å². The van der Waals surface area contributed by atoms with Crippen molar-refractivity contribution < 1.29 is 0 Å². The van der Waals surface area contributed by atoms with Crippen LogP contribution in [0.2, 0.25) is 0 Å². The summed E-state index contributed by atoms with van der Waals surface area (Å²) in [6, 6.07) is 11.1. The van der Waals surface area contributed by atoms with Gasteiger partial charge in [0.25, 0.3) is 0 Å². The molecule has 17 heavy (non-hydrogen) atoms. The molecule has 2 nitrogen and oxygen atoms in total. The van der Waals surface area contributed by atoms with E-state index in [1.54, 1.807) is 0 Å². The molecule has 0 radical (unpaired) electrons. The van der Waals surface area contributed by atoms with Crippen LogP contribution in [-0.4, -0.2) is 24.5 Å². The first-order valence-electron chi connectivity index (χ1n) is 6.84. The highest BCUT2D eigenvalue weighted by molar-refractivity contribution is 5.19. The molecule has 1 saturated carbocycles. The van der Waals surface area contributed by atoms with E-state index in [-0.39, 0.29) is 0 Å². The number of hydrogen-bond acceptors (Lipinski definition) is 2. The molecule has 2 heteroatoms. The molecule has 0 aromatic heterocycles. The van der Waals surface area contributed by atoms with Gasteiger partial charge in [0.15, 0.2) is 0 Å². The molecule has 0 heterocycles. The van der Waals surface area contributed by atoms with E-state index in [4.69, 9.17) is 5.73 Å². The third kappa shape index (κ3) is 3.08. The molecule has 1 aromatic rings. The highest BCUT2D eigenvalue weighted by atomic mass is 15.2. The fourth-order valence-electron chi connectivity index (χ4n) is 2.65. The van der Waals surface area contributed by atoms with Gasteiger partial charge in [0.1, 0.15) is 0 Å². The summed E-state index contributed by atoms with van der Waals surface area (Å²) in [5, 5.41) is 0. The van der Waals surface area contributed by atoms with Gasteiger partial charge in [-0.2, -0.15) is 0 Å². The van der Waals surface area contributed by atoms with Gasteiger partial charge < -0.3 is 5.73 Å². The van der Waals surface area contributed by atoms with Crippen LogP contribution in [0.15, 0.2) is 30.3 Å². The summed E-state index contributed by atoms with van der Waals surface area (Å²) in [6.07, 6.45) is 4.23. The molecule has 0 amide bonds. The maximum atomic E-state index is 5.97. The van der Waals surface area contributed by atoms with Crippen molar-refractivity contribution in [2.45, 2.75) is 32.2 Å². The van der Waals surface area contributed by atoms with Crippen molar-refractivity contribution in [3.63, 3.8) is 0 Å². The van der Waals surface area contributed by atoms with E-state index in [1.807, 2.05) is 0 Å². The van der Waals surface area contributed by atoms with Crippen LogP contribution in [0.1, 0.15) is 37.8 Å². The molecule has 1 atom stereocenters. The van der Waals surface area contributed by atoms with Gasteiger partial charge in [-0.15, -0.1) is 0 Å². The lowest BCUT2D eigenvalue weighted by atomic mass is 9.84. The van der Waals surface area contributed by atoms with Crippen LogP contribution in [0.5, 0.6) is 0 Å². The van der Waals surface area contributed by atoms with Crippen molar-refractivity contribution in [1.29, 1.82) is 0 Å². The number of rotatable bonds is 6. The zero-order valence-electron chi connectivity index (χ0n) is 10.8. The standard InChI is InChI=1S/C15H24N2/c1-2-17(12-13-7-6-8-13)15(11-16)14-9-4-3-5-10-14/h3-5,9-10,13,15H,2,6-8,11-12,16H2,1H3. The molecule has 1 unspecified atom stereocenters. The smallest absolute Gasteiger partial charge is 0.0470 e. The summed E-state index contributed by atoms with van der Waals surface area (Å²) in [7, 11) is 0. The highest BCUT2D eigenvalue weighted by Gasteiger charge is 2.24. The third-order valence-electron chi connectivity index (χ3n) is 3.97. The lowest BCUT2D eigenvalue weighted by molar-refractivity contribution is 0.141. The minimum absolute atomic E-state index is 0.391. The van der Waals surface area contributed by atoms with E-state index >= 15 is 0 Å². The van der Waals surface area contributed by atoms with Gasteiger partial charge in [0.2, 0.25) is 0 Å². The Labute approximate surface area is 105 Å². The summed E-state index contributed by atoms with van der Waals surface area (Å²) in [5.41, 5.74) is 7.33. The highest BCUT2D eigenvalue weighted by Crippen LogP contribution is 2.30. The van der Waals surface area contributed by atoms with Gasteiger partial charge in [0.05, 0.1) is 0 Å². The van der Waals surface area contributed by atoms with Gasteiger partial charge in [-0.3, -0.25) is 4.90 Å². The number of nitrogens with two attached hydrogens (primary N) is 1. The second-order valence-electron chi connectivity index (χ2n) is 5.05. The van der Waals surface area contributed by atoms with Gasteiger partial charge in [-0.25, -0.2) is 0 Å². The van der Waals surface area contributed by atoms with Crippen molar-refractivity contribution in [3.05, 3.63) is 35.9 Å². The monoisotopic (exact) mass is 232 g/mol. The predicted octanol–water partition coefficient (Wildman–Crippen LogP) is 2.81. The summed E-state index contributed by atoms with van der Waals surface area (Å²) >= 11 is 0. The molecule has 0 bridgehead atoms. The molecular formula is C15H24N2. The van der Waals surface area contributed by atoms with E-state index in [1.165, 1.54) is 31.4 Å². The first kappa shape index (κ1) is 12.6. The van der Waals surface area contributed by atoms with E-state index < -0.39 is 0 Å². The summed E-state index contributed by atoms with van der Waals surface area (Å²) in [4.78, 5) is 2.54. The minimum atomic E-state index is 0.391. The topological polar surface area (TPSA) is 29.3 Å². The quantitative estimate of drug-likeness (QED) is 0.817. The van der Waals surface area contributed by atoms with Crippen molar-refractivity contribution >= 4 is 0 Å². The first-order valence-corrected chi connectivity index (χ1v) is 6.84. The number of likely N-dealkylation sites (N-methyl/N-ethyl adjacent to an activating group) is 1. The van der Waals surface area contributed by atoms with E-state index in [0.29, 0.717) is 12.6 Å². The zero-order valence-corrected chi connectivity index (χ0v) is 10.8. The molecule has 0 saturated heterocycles. The van der Waals surface area contributed by atoms with Crippen LogP contribution >= 0.6 is 0 Å². The minimum Gasteiger partial charge on any atom is -0.329 e. The Morgan fingerprint density at radius 2 is 2.00 bits per heavy atom. The maximum Gasteiger partial charge on any atom is 0.0470 e. The molecule has 1 aliphatic rings. The number of hydrogen-bond donors (Lipinski definition) is 1. The zero-order chi connectivity index (χ0) is 12.1. The largest absolute Gasteiger partial charge is 0.329 e. The van der Waals surface area contributed by atoms with Crippen LogP contribution in [0, 0.1) is 5.92 Å². The molecule has 0 aliphatic heterocycles. The summed E-state index contributed by atoms with van der Waals surface area (Å²) in [6.45, 7) is 5.26.